The average molecular weight is 355 g/mol. The Morgan fingerprint density at radius 3 is 2.58 bits per heavy atom. The molecular formula is C20H22FN3O2. The van der Waals surface area contributed by atoms with Crippen molar-refractivity contribution >= 4 is 11.8 Å². The minimum absolute atomic E-state index is 0.0850. The van der Waals surface area contributed by atoms with Gasteiger partial charge in [0, 0.05) is 32.0 Å². The van der Waals surface area contributed by atoms with E-state index in [1.165, 1.54) is 18.5 Å². The minimum Gasteiger partial charge on any atom is -0.352 e. The molecule has 0 atom stereocenters. The molecule has 0 radical (unpaired) electrons. The van der Waals surface area contributed by atoms with Gasteiger partial charge in [-0.2, -0.15) is 0 Å². The van der Waals surface area contributed by atoms with Crippen molar-refractivity contribution in [2.24, 2.45) is 0 Å². The van der Waals surface area contributed by atoms with Gasteiger partial charge in [0.2, 0.25) is 0 Å². The second-order valence-electron chi connectivity index (χ2n) is 6.41. The lowest BCUT2D eigenvalue weighted by Gasteiger charge is -2.26. The van der Waals surface area contributed by atoms with E-state index in [0.29, 0.717) is 29.7 Å². The highest BCUT2D eigenvalue weighted by atomic mass is 19.1. The first-order valence-electron chi connectivity index (χ1n) is 8.91. The zero-order chi connectivity index (χ0) is 18.4. The number of benzene rings is 1. The van der Waals surface area contributed by atoms with E-state index < -0.39 is 0 Å². The van der Waals surface area contributed by atoms with Crippen LogP contribution in [0.4, 0.5) is 4.39 Å². The number of rotatable bonds is 5. The van der Waals surface area contributed by atoms with Gasteiger partial charge in [0.15, 0.2) is 0 Å². The third-order valence-corrected chi connectivity index (χ3v) is 4.53. The second-order valence-corrected chi connectivity index (χ2v) is 6.41. The number of pyridine rings is 1. The van der Waals surface area contributed by atoms with Crippen LogP contribution in [0.25, 0.3) is 0 Å². The van der Waals surface area contributed by atoms with Gasteiger partial charge in [-0.1, -0.05) is 18.2 Å². The Morgan fingerprint density at radius 1 is 1.08 bits per heavy atom. The molecule has 0 bridgehead atoms. The molecule has 1 fully saturated rings. The topological polar surface area (TPSA) is 62.3 Å². The van der Waals surface area contributed by atoms with E-state index in [1.54, 1.807) is 29.2 Å². The minimum atomic E-state index is -0.317. The molecule has 136 valence electrons. The highest BCUT2D eigenvalue weighted by molar-refractivity contribution is 5.99. The van der Waals surface area contributed by atoms with E-state index in [0.717, 1.165) is 32.4 Å². The number of likely N-dealkylation sites (tertiary alicyclic amines) is 1. The van der Waals surface area contributed by atoms with E-state index in [-0.39, 0.29) is 17.6 Å². The number of carbonyl (C=O) groups excluding carboxylic acids is 2. The lowest BCUT2D eigenvalue weighted by Crippen LogP contribution is -2.35. The molecule has 6 heteroatoms. The lowest BCUT2D eigenvalue weighted by atomic mass is 10.1. The molecule has 26 heavy (non-hydrogen) atoms. The molecule has 1 aliphatic heterocycles. The molecule has 1 aromatic carbocycles. The third kappa shape index (κ3) is 4.45. The highest BCUT2D eigenvalue weighted by Crippen LogP contribution is 2.13. The van der Waals surface area contributed by atoms with E-state index in [2.05, 4.69) is 10.3 Å². The zero-order valence-electron chi connectivity index (χ0n) is 14.6. The predicted molar refractivity (Wildman–Crippen MR) is 96.4 cm³/mol. The van der Waals surface area contributed by atoms with Crippen LogP contribution >= 0.6 is 0 Å². The van der Waals surface area contributed by atoms with Crippen molar-refractivity contribution in [3.05, 3.63) is 65.2 Å². The van der Waals surface area contributed by atoms with Crippen LogP contribution in [-0.2, 0) is 6.42 Å². The summed E-state index contributed by atoms with van der Waals surface area (Å²) in [5.74, 6) is -0.683. The fourth-order valence-electron chi connectivity index (χ4n) is 3.07. The summed E-state index contributed by atoms with van der Waals surface area (Å²) in [7, 11) is 0. The van der Waals surface area contributed by atoms with Crippen molar-refractivity contribution in [3.8, 4) is 0 Å². The van der Waals surface area contributed by atoms with Gasteiger partial charge in [0.05, 0.1) is 11.1 Å². The Labute approximate surface area is 152 Å². The van der Waals surface area contributed by atoms with Crippen LogP contribution in [0.15, 0.2) is 42.7 Å². The predicted octanol–water partition coefficient (Wildman–Crippen LogP) is 2.82. The molecule has 1 N–H and O–H groups in total. The first-order valence-corrected chi connectivity index (χ1v) is 8.91. The number of amides is 2. The first-order chi connectivity index (χ1) is 12.6. The average Bonchev–Trinajstić information content (AvgIpc) is 2.69. The summed E-state index contributed by atoms with van der Waals surface area (Å²) in [5.41, 5.74) is 1.31. The fraction of sp³-hybridized carbons (Fsp3) is 0.350. The molecule has 0 spiro atoms. The summed E-state index contributed by atoms with van der Waals surface area (Å²) in [6, 6.07) is 8.06. The smallest absolute Gasteiger partial charge is 0.255 e. The number of nitrogens with zero attached hydrogens (tertiary/aromatic N) is 2. The van der Waals surface area contributed by atoms with Gasteiger partial charge in [-0.3, -0.25) is 14.6 Å². The van der Waals surface area contributed by atoms with E-state index >= 15 is 0 Å². The maximum absolute atomic E-state index is 13.6. The van der Waals surface area contributed by atoms with Crippen molar-refractivity contribution in [1.82, 2.24) is 15.2 Å². The number of halogens is 1. The molecule has 1 saturated heterocycles. The van der Waals surface area contributed by atoms with Crippen molar-refractivity contribution in [2.75, 3.05) is 19.6 Å². The molecule has 0 aliphatic carbocycles. The molecule has 2 aromatic rings. The Kier molecular flexibility index (Phi) is 5.94. The van der Waals surface area contributed by atoms with Gasteiger partial charge in [-0.05, 0) is 43.4 Å². The van der Waals surface area contributed by atoms with Crippen LogP contribution in [0.1, 0.15) is 45.5 Å². The fourth-order valence-corrected chi connectivity index (χ4v) is 3.07. The maximum Gasteiger partial charge on any atom is 0.255 e. The van der Waals surface area contributed by atoms with E-state index in [9.17, 15) is 14.0 Å². The summed E-state index contributed by atoms with van der Waals surface area (Å²) in [6.45, 7) is 1.81. The molecular weight excluding hydrogens is 333 g/mol. The standard InChI is InChI=1S/C20H22FN3O2/c21-18-7-3-2-6-15(18)8-9-23-19(25)16-12-17(14-22-13-16)20(26)24-10-4-1-5-11-24/h2-3,6-7,12-14H,1,4-5,8-11H2,(H,23,25). The van der Waals surface area contributed by atoms with Gasteiger partial charge < -0.3 is 10.2 Å². The van der Waals surface area contributed by atoms with Crippen LogP contribution in [0.5, 0.6) is 0 Å². The van der Waals surface area contributed by atoms with Gasteiger partial charge in [0.1, 0.15) is 5.82 Å². The summed E-state index contributed by atoms with van der Waals surface area (Å²) < 4.78 is 13.6. The number of hydrogen-bond acceptors (Lipinski definition) is 3. The van der Waals surface area contributed by atoms with Crippen molar-refractivity contribution < 1.29 is 14.0 Å². The van der Waals surface area contributed by atoms with Gasteiger partial charge >= 0.3 is 0 Å². The maximum atomic E-state index is 13.6. The van der Waals surface area contributed by atoms with Crippen LogP contribution in [0, 0.1) is 5.82 Å². The normalized spacial score (nSPS) is 14.1. The SMILES string of the molecule is O=C(NCCc1ccccc1F)c1cncc(C(=O)N2CCCCC2)c1. The quantitative estimate of drug-likeness (QED) is 0.897. The Hall–Kier alpha value is -2.76. The molecule has 1 aromatic heterocycles. The van der Waals surface area contributed by atoms with E-state index in [1.807, 2.05) is 0 Å². The summed E-state index contributed by atoms with van der Waals surface area (Å²) >= 11 is 0. The van der Waals surface area contributed by atoms with Crippen molar-refractivity contribution in [3.63, 3.8) is 0 Å². The molecule has 2 amide bonds. The van der Waals surface area contributed by atoms with Gasteiger partial charge in [-0.25, -0.2) is 4.39 Å². The van der Waals surface area contributed by atoms with Crippen LogP contribution in [-0.4, -0.2) is 41.3 Å². The molecule has 0 unspecified atom stereocenters. The molecule has 0 saturated carbocycles. The number of carbonyl (C=O) groups is 2. The van der Waals surface area contributed by atoms with Gasteiger partial charge in [-0.15, -0.1) is 0 Å². The number of hydrogen-bond donors (Lipinski definition) is 1. The molecule has 5 nitrogen and oxygen atoms in total. The number of aromatic nitrogens is 1. The summed E-state index contributed by atoms with van der Waals surface area (Å²) in [6.07, 6.45) is 6.49. The summed E-state index contributed by atoms with van der Waals surface area (Å²) in [4.78, 5) is 30.7. The van der Waals surface area contributed by atoms with Crippen molar-refractivity contribution in [2.45, 2.75) is 25.7 Å². The molecule has 3 rings (SSSR count). The highest BCUT2D eigenvalue weighted by Gasteiger charge is 2.19. The van der Waals surface area contributed by atoms with Crippen LogP contribution in [0.3, 0.4) is 0 Å². The zero-order valence-corrected chi connectivity index (χ0v) is 14.6. The molecule has 1 aliphatic rings. The molecule has 2 heterocycles. The second kappa shape index (κ2) is 8.56. The Morgan fingerprint density at radius 2 is 1.81 bits per heavy atom. The van der Waals surface area contributed by atoms with Gasteiger partial charge in [0.25, 0.3) is 11.8 Å². The van der Waals surface area contributed by atoms with E-state index in [4.69, 9.17) is 0 Å². The lowest BCUT2D eigenvalue weighted by molar-refractivity contribution is 0.0724. The third-order valence-electron chi connectivity index (χ3n) is 4.53. The van der Waals surface area contributed by atoms with Crippen molar-refractivity contribution in [1.29, 1.82) is 0 Å². The van der Waals surface area contributed by atoms with Crippen LogP contribution < -0.4 is 5.32 Å². The Bertz CT molecular complexity index is 788. The number of nitrogens with one attached hydrogen (secondary N) is 1. The number of piperidine rings is 1. The Balaban J connectivity index is 1.59. The van der Waals surface area contributed by atoms with Crippen LogP contribution in [0.2, 0.25) is 0 Å². The first kappa shape index (κ1) is 18.0. The largest absolute Gasteiger partial charge is 0.352 e. The summed E-state index contributed by atoms with van der Waals surface area (Å²) in [5, 5.41) is 2.75. The monoisotopic (exact) mass is 355 g/mol.